The predicted octanol–water partition coefficient (Wildman–Crippen LogP) is 10.1. The maximum Gasteiger partial charge on any atom is 0.166 e. The SMILES string of the molecule is BCc1ccc(-c2ccc(-c3ccc(C4CCC(C5CCC(CC/C=C/C)CC5)CC4)c(F)c3F)cc2)c(F)c1F. The monoisotopic (exact) mass is 560 g/mol. The van der Waals surface area contributed by atoms with Gasteiger partial charge in [-0.1, -0.05) is 79.8 Å². The number of hydrogen-bond acceptors (Lipinski definition) is 0. The zero-order valence-corrected chi connectivity index (χ0v) is 24.4. The summed E-state index contributed by atoms with van der Waals surface area (Å²) in [5, 5.41) is 0. The minimum Gasteiger partial charge on any atom is -0.203 e. The first-order chi connectivity index (χ1) is 19.9. The Morgan fingerprint density at radius 3 is 1.76 bits per heavy atom. The van der Waals surface area contributed by atoms with Gasteiger partial charge in [-0.05, 0) is 104 Å². The van der Waals surface area contributed by atoms with Gasteiger partial charge in [0, 0.05) is 11.1 Å². The third kappa shape index (κ3) is 6.50. The molecule has 0 radical (unpaired) electrons. The summed E-state index contributed by atoms with van der Waals surface area (Å²) in [5.74, 6) is -0.894. The molecular formula is C36H41BF4. The van der Waals surface area contributed by atoms with Crippen LogP contribution in [0.2, 0.25) is 0 Å². The van der Waals surface area contributed by atoms with Crippen molar-refractivity contribution in [3.63, 3.8) is 0 Å². The smallest absolute Gasteiger partial charge is 0.166 e. The van der Waals surface area contributed by atoms with Crippen molar-refractivity contribution < 1.29 is 17.6 Å². The fourth-order valence-corrected chi connectivity index (χ4v) is 7.37. The topological polar surface area (TPSA) is 0 Å². The van der Waals surface area contributed by atoms with Crippen LogP contribution in [0.4, 0.5) is 17.6 Å². The Bertz CT molecular complexity index is 1350. The maximum atomic E-state index is 15.4. The van der Waals surface area contributed by atoms with E-state index in [4.69, 9.17) is 0 Å². The molecule has 0 amide bonds. The van der Waals surface area contributed by atoms with Gasteiger partial charge < -0.3 is 0 Å². The third-order valence-corrected chi connectivity index (χ3v) is 9.91. The van der Waals surface area contributed by atoms with Gasteiger partial charge >= 0.3 is 0 Å². The van der Waals surface area contributed by atoms with Gasteiger partial charge in [0.2, 0.25) is 0 Å². The normalized spacial score (nSPS) is 23.2. The molecule has 0 aliphatic heterocycles. The van der Waals surface area contributed by atoms with Crippen LogP contribution in [0, 0.1) is 41.0 Å². The standard InChI is InChI=1S/C36H41BF4/c1-2-3-4-5-23-6-8-24(9-7-23)25-10-12-26(13-11-25)31-20-21-32(36(41)35(31)40)28-16-14-27(15-17-28)30-19-18-29(22-37)33(38)34(30)39/h2-3,14-21,23-26H,4-13,22,37H2,1H3/b3-2+. The highest BCUT2D eigenvalue weighted by Crippen LogP contribution is 2.45. The molecule has 0 heterocycles. The molecule has 41 heavy (non-hydrogen) atoms. The fourth-order valence-electron chi connectivity index (χ4n) is 7.37. The third-order valence-electron chi connectivity index (χ3n) is 9.91. The molecular weight excluding hydrogens is 519 g/mol. The minimum atomic E-state index is -0.888. The average Bonchev–Trinajstić information content (AvgIpc) is 3.01. The van der Waals surface area contributed by atoms with E-state index < -0.39 is 23.3 Å². The quantitative estimate of drug-likeness (QED) is 0.146. The largest absolute Gasteiger partial charge is 0.203 e. The van der Waals surface area contributed by atoms with Crippen LogP contribution in [0.3, 0.4) is 0 Å². The maximum absolute atomic E-state index is 15.4. The molecule has 0 saturated heterocycles. The lowest BCUT2D eigenvalue weighted by Crippen LogP contribution is -2.25. The molecule has 0 N–H and O–H groups in total. The lowest BCUT2D eigenvalue weighted by Gasteiger charge is -2.38. The molecule has 5 heteroatoms. The predicted molar refractivity (Wildman–Crippen MR) is 164 cm³/mol. The molecule has 2 saturated carbocycles. The summed E-state index contributed by atoms with van der Waals surface area (Å²) < 4.78 is 59.6. The Morgan fingerprint density at radius 1 is 0.659 bits per heavy atom. The number of benzene rings is 3. The van der Waals surface area contributed by atoms with Crippen LogP contribution >= 0.6 is 0 Å². The van der Waals surface area contributed by atoms with E-state index in [1.165, 1.54) is 38.5 Å². The van der Waals surface area contributed by atoms with Crippen molar-refractivity contribution >= 4 is 7.85 Å². The van der Waals surface area contributed by atoms with Crippen molar-refractivity contribution in [1.82, 2.24) is 0 Å². The van der Waals surface area contributed by atoms with E-state index in [2.05, 4.69) is 19.1 Å². The first kappa shape index (κ1) is 29.7. The van der Waals surface area contributed by atoms with Gasteiger partial charge in [0.15, 0.2) is 23.3 Å². The van der Waals surface area contributed by atoms with Crippen molar-refractivity contribution in [1.29, 1.82) is 0 Å². The van der Waals surface area contributed by atoms with Gasteiger partial charge in [-0.2, -0.15) is 0 Å². The van der Waals surface area contributed by atoms with E-state index in [0.29, 0.717) is 34.5 Å². The van der Waals surface area contributed by atoms with Crippen LogP contribution in [-0.2, 0) is 6.32 Å². The molecule has 216 valence electrons. The Labute approximate surface area is 243 Å². The summed E-state index contributed by atoms with van der Waals surface area (Å²) in [7, 11) is 1.77. The van der Waals surface area contributed by atoms with E-state index in [-0.39, 0.29) is 17.0 Å². The van der Waals surface area contributed by atoms with E-state index in [1.807, 2.05) is 0 Å². The Hall–Kier alpha value is -2.82. The van der Waals surface area contributed by atoms with Crippen LogP contribution in [-0.4, -0.2) is 7.85 Å². The van der Waals surface area contributed by atoms with Crippen molar-refractivity contribution in [2.75, 3.05) is 0 Å². The van der Waals surface area contributed by atoms with Crippen molar-refractivity contribution in [2.24, 2.45) is 17.8 Å². The first-order valence-corrected chi connectivity index (χ1v) is 15.6. The average molecular weight is 561 g/mol. The summed E-state index contributed by atoms with van der Waals surface area (Å²) in [6.07, 6.45) is 16.6. The second kappa shape index (κ2) is 13.4. The van der Waals surface area contributed by atoms with Gasteiger partial charge in [-0.15, -0.1) is 0 Å². The highest BCUT2D eigenvalue weighted by Gasteiger charge is 2.32. The number of allylic oxidation sites excluding steroid dienone is 2. The van der Waals surface area contributed by atoms with Crippen LogP contribution in [0.1, 0.15) is 88.2 Å². The van der Waals surface area contributed by atoms with E-state index in [0.717, 1.165) is 37.5 Å². The molecule has 2 aliphatic carbocycles. The summed E-state index contributed by atoms with van der Waals surface area (Å²) in [5.41, 5.74) is 2.15. The zero-order chi connectivity index (χ0) is 28.9. The lowest BCUT2D eigenvalue weighted by atomic mass is 9.68. The zero-order valence-electron chi connectivity index (χ0n) is 24.4. The van der Waals surface area contributed by atoms with Crippen molar-refractivity contribution in [3.8, 4) is 22.3 Å². The highest BCUT2D eigenvalue weighted by molar-refractivity contribution is 6.08. The molecule has 0 atom stereocenters. The highest BCUT2D eigenvalue weighted by atomic mass is 19.2. The molecule has 0 spiro atoms. The Kier molecular flexibility index (Phi) is 9.73. The molecule has 0 nitrogen and oxygen atoms in total. The summed E-state index contributed by atoms with van der Waals surface area (Å²) in [4.78, 5) is 0. The van der Waals surface area contributed by atoms with E-state index >= 15 is 8.78 Å². The van der Waals surface area contributed by atoms with Gasteiger partial charge in [-0.3, -0.25) is 0 Å². The van der Waals surface area contributed by atoms with Crippen LogP contribution in [0.25, 0.3) is 22.3 Å². The van der Waals surface area contributed by atoms with Crippen molar-refractivity contribution in [2.45, 2.75) is 83.4 Å². The molecule has 0 bridgehead atoms. The minimum absolute atomic E-state index is 0.0540. The number of halogens is 4. The lowest BCUT2D eigenvalue weighted by molar-refractivity contribution is 0.156. The molecule has 0 unspecified atom stereocenters. The van der Waals surface area contributed by atoms with Crippen molar-refractivity contribution in [3.05, 3.63) is 95.1 Å². The first-order valence-electron chi connectivity index (χ1n) is 15.6. The van der Waals surface area contributed by atoms with Gasteiger partial charge in [0.1, 0.15) is 7.85 Å². The van der Waals surface area contributed by atoms with E-state index in [9.17, 15) is 8.78 Å². The summed E-state index contributed by atoms with van der Waals surface area (Å²) in [6, 6.07) is 13.1. The summed E-state index contributed by atoms with van der Waals surface area (Å²) >= 11 is 0. The molecule has 3 aromatic rings. The second-order valence-electron chi connectivity index (χ2n) is 12.2. The molecule has 3 aromatic carbocycles. The fraction of sp³-hybridized carbons (Fsp3) is 0.444. The number of hydrogen-bond donors (Lipinski definition) is 0. The molecule has 2 fully saturated rings. The van der Waals surface area contributed by atoms with Gasteiger partial charge in [-0.25, -0.2) is 17.6 Å². The van der Waals surface area contributed by atoms with Gasteiger partial charge in [0.05, 0.1) is 0 Å². The summed E-state index contributed by atoms with van der Waals surface area (Å²) in [6.45, 7) is 2.09. The van der Waals surface area contributed by atoms with Gasteiger partial charge in [0.25, 0.3) is 0 Å². The van der Waals surface area contributed by atoms with Crippen LogP contribution in [0.15, 0.2) is 60.7 Å². The molecule has 5 rings (SSSR count). The Balaban J connectivity index is 1.22. The second-order valence-corrected chi connectivity index (χ2v) is 12.2. The van der Waals surface area contributed by atoms with Crippen LogP contribution in [0.5, 0.6) is 0 Å². The number of rotatable bonds is 8. The molecule has 2 aliphatic rings. The van der Waals surface area contributed by atoms with Crippen LogP contribution < -0.4 is 0 Å². The van der Waals surface area contributed by atoms with E-state index in [1.54, 1.807) is 56.4 Å². The molecule has 0 aromatic heterocycles. The Morgan fingerprint density at radius 2 is 1.20 bits per heavy atom.